The van der Waals surface area contributed by atoms with Crippen LogP contribution in [0.2, 0.25) is 0 Å². The lowest BCUT2D eigenvalue weighted by Crippen LogP contribution is -2.48. The van der Waals surface area contributed by atoms with E-state index in [1.165, 1.54) is 0 Å². The Bertz CT molecular complexity index is 207. The van der Waals surface area contributed by atoms with Gasteiger partial charge in [-0.15, -0.1) is 0 Å². The highest BCUT2D eigenvalue weighted by Crippen LogP contribution is 2.19. The molecule has 2 unspecified atom stereocenters. The zero-order valence-corrected chi connectivity index (χ0v) is 7.82. The van der Waals surface area contributed by atoms with Crippen LogP contribution in [0.4, 0.5) is 4.79 Å². The Morgan fingerprint density at radius 3 is 2.25 bits per heavy atom. The molecule has 2 amide bonds. The number of rotatable bonds is 1. The van der Waals surface area contributed by atoms with E-state index in [0.29, 0.717) is 0 Å². The van der Waals surface area contributed by atoms with Crippen molar-refractivity contribution in [3.05, 3.63) is 12.2 Å². The van der Waals surface area contributed by atoms with E-state index in [4.69, 9.17) is 17.5 Å². The Kier molecular flexibility index (Phi) is 2.59. The van der Waals surface area contributed by atoms with Crippen molar-refractivity contribution in [2.75, 3.05) is 0 Å². The molecule has 0 aromatic rings. The molecule has 0 saturated carbocycles. The molecule has 0 aromatic heterocycles. The summed E-state index contributed by atoms with van der Waals surface area (Å²) in [5, 5.41) is 1.70. The Morgan fingerprint density at radius 2 is 1.92 bits per heavy atom. The second-order valence-electron chi connectivity index (χ2n) is 2.84. The number of carbonyl (C=O) groups excluding carboxylic acids is 1. The number of nitrogens with two attached hydrogens (primary N) is 1. The average molecular weight is 190 g/mol. The molecule has 0 aromatic carbocycles. The Balaban J connectivity index is 2.69. The molecule has 0 spiro atoms. The molecule has 12 heavy (non-hydrogen) atoms. The molecule has 1 aliphatic heterocycles. The van der Waals surface area contributed by atoms with Crippen LogP contribution in [-0.2, 0) is 0 Å². The molecule has 1 heterocycles. The topological polar surface area (TPSA) is 49.6 Å². The number of nitrogens with zero attached hydrogens (tertiary/aromatic N) is 2. The van der Waals surface area contributed by atoms with Gasteiger partial charge in [-0.25, -0.2) is 4.79 Å². The molecule has 2 N–H and O–H groups in total. The second-order valence-corrected chi connectivity index (χ2v) is 3.16. The molecule has 4 nitrogen and oxygen atoms in total. The molecular formula is C7H12ClN3O. The van der Waals surface area contributed by atoms with E-state index in [1.54, 1.807) is 5.01 Å². The van der Waals surface area contributed by atoms with Crippen LogP contribution in [0.15, 0.2) is 12.2 Å². The van der Waals surface area contributed by atoms with E-state index < -0.39 is 6.03 Å². The van der Waals surface area contributed by atoms with Gasteiger partial charge in [-0.3, -0.25) is 0 Å². The van der Waals surface area contributed by atoms with E-state index in [0.717, 1.165) is 4.53 Å². The third-order valence-corrected chi connectivity index (χ3v) is 2.23. The number of amides is 2. The maximum Gasteiger partial charge on any atom is 0.344 e. The Hall–Kier alpha value is -0.740. The van der Waals surface area contributed by atoms with Gasteiger partial charge in [-0.05, 0) is 13.8 Å². The van der Waals surface area contributed by atoms with Crippen molar-refractivity contribution >= 4 is 17.8 Å². The minimum absolute atomic E-state index is 0.116. The van der Waals surface area contributed by atoms with E-state index in [-0.39, 0.29) is 12.1 Å². The average Bonchev–Trinajstić information content (AvgIpc) is 2.30. The summed E-state index contributed by atoms with van der Waals surface area (Å²) in [6.07, 6.45) is 3.95. The van der Waals surface area contributed by atoms with Crippen LogP contribution in [0.1, 0.15) is 13.8 Å². The molecule has 0 radical (unpaired) electrons. The maximum atomic E-state index is 10.7. The molecule has 68 valence electrons. The summed E-state index contributed by atoms with van der Waals surface area (Å²) < 4.78 is 0.926. The fraction of sp³-hybridized carbons (Fsp3) is 0.571. The molecule has 0 saturated heterocycles. The lowest BCUT2D eigenvalue weighted by Gasteiger charge is -2.30. The van der Waals surface area contributed by atoms with Crippen molar-refractivity contribution in [1.29, 1.82) is 0 Å². The van der Waals surface area contributed by atoms with E-state index in [2.05, 4.69) is 0 Å². The molecule has 2 atom stereocenters. The number of hydrazine groups is 1. The maximum absolute atomic E-state index is 10.7. The largest absolute Gasteiger partial charge is 0.349 e. The van der Waals surface area contributed by atoms with E-state index >= 15 is 0 Å². The highest BCUT2D eigenvalue weighted by molar-refractivity contribution is 6.20. The lowest BCUT2D eigenvalue weighted by atomic mass is 10.4. The highest BCUT2D eigenvalue weighted by atomic mass is 35.5. The van der Waals surface area contributed by atoms with Crippen LogP contribution < -0.4 is 5.73 Å². The first-order chi connectivity index (χ1) is 5.54. The number of urea groups is 1. The van der Waals surface area contributed by atoms with E-state index in [1.807, 2.05) is 26.0 Å². The van der Waals surface area contributed by atoms with Gasteiger partial charge in [0.15, 0.2) is 0 Å². The quantitative estimate of drug-likeness (QED) is 0.496. The third-order valence-electron chi connectivity index (χ3n) is 1.89. The number of halogens is 1. The molecule has 5 heteroatoms. The standard InChI is InChI=1S/C7H12ClN3O/c1-5-3-4-6(2)10(5)11(8)7(9)12/h3-6H,1-2H3,(H2,9,12). The third kappa shape index (κ3) is 1.54. The van der Waals surface area contributed by atoms with Gasteiger partial charge < -0.3 is 5.73 Å². The van der Waals surface area contributed by atoms with Crippen molar-refractivity contribution < 1.29 is 4.79 Å². The normalized spacial score (nSPS) is 29.2. The summed E-state index contributed by atoms with van der Waals surface area (Å²) in [4.78, 5) is 10.7. The van der Waals surface area contributed by atoms with Crippen LogP contribution in [0.3, 0.4) is 0 Å². The first kappa shape index (κ1) is 9.35. The van der Waals surface area contributed by atoms with Gasteiger partial charge in [-0.1, -0.05) is 12.2 Å². The van der Waals surface area contributed by atoms with Gasteiger partial charge in [-0.2, -0.15) is 9.54 Å². The van der Waals surface area contributed by atoms with Crippen molar-refractivity contribution in [3.8, 4) is 0 Å². The minimum atomic E-state index is -0.654. The van der Waals surface area contributed by atoms with Gasteiger partial charge in [0.2, 0.25) is 0 Å². The Morgan fingerprint density at radius 1 is 1.50 bits per heavy atom. The van der Waals surface area contributed by atoms with Gasteiger partial charge >= 0.3 is 6.03 Å². The van der Waals surface area contributed by atoms with Crippen molar-refractivity contribution in [1.82, 2.24) is 9.54 Å². The summed E-state index contributed by atoms with van der Waals surface area (Å²) >= 11 is 5.66. The molecule has 0 bridgehead atoms. The molecule has 0 fully saturated rings. The number of hydrogen-bond donors (Lipinski definition) is 1. The van der Waals surface area contributed by atoms with Gasteiger partial charge in [0.1, 0.15) is 0 Å². The molecule has 1 aliphatic rings. The van der Waals surface area contributed by atoms with Crippen LogP contribution in [0.5, 0.6) is 0 Å². The van der Waals surface area contributed by atoms with Gasteiger partial charge in [0, 0.05) is 23.9 Å². The Labute approximate surface area is 76.6 Å². The zero-order chi connectivity index (χ0) is 9.30. The first-order valence-corrected chi connectivity index (χ1v) is 4.09. The van der Waals surface area contributed by atoms with Crippen LogP contribution in [0.25, 0.3) is 0 Å². The number of primary amides is 1. The summed E-state index contributed by atoms with van der Waals surface area (Å²) in [7, 11) is 0. The van der Waals surface area contributed by atoms with Crippen LogP contribution in [0, 0.1) is 0 Å². The summed E-state index contributed by atoms with van der Waals surface area (Å²) in [6.45, 7) is 3.89. The number of hydrogen-bond acceptors (Lipinski definition) is 2. The molecule has 0 aliphatic carbocycles. The van der Waals surface area contributed by atoms with Crippen molar-refractivity contribution in [2.24, 2.45) is 5.73 Å². The first-order valence-electron chi connectivity index (χ1n) is 3.76. The summed E-state index contributed by atoms with van der Waals surface area (Å²) in [5.74, 6) is 0. The molecular weight excluding hydrogens is 178 g/mol. The van der Waals surface area contributed by atoms with Crippen LogP contribution in [-0.4, -0.2) is 27.7 Å². The predicted octanol–water partition coefficient (Wildman–Crippen LogP) is 1.08. The minimum Gasteiger partial charge on any atom is -0.349 e. The van der Waals surface area contributed by atoms with Crippen molar-refractivity contribution in [2.45, 2.75) is 25.9 Å². The summed E-state index contributed by atoms with van der Waals surface area (Å²) in [6, 6.07) is -0.422. The van der Waals surface area contributed by atoms with Crippen molar-refractivity contribution in [3.63, 3.8) is 0 Å². The predicted molar refractivity (Wildman–Crippen MR) is 47.2 cm³/mol. The zero-order valence-electron chi connectivity index (χ0n) is 7.07. The fourth-order valence-corrected chi connectivity index (χ4v) is 1.58. The molecule has 1 rings (SSSR count). The smallest absolute Gasteiger partial charge is 0.344 e. The monoisotopic (exact) mass is 189 g/mol. The second kappa shape index (κ2) is 3.33. The van der Waals surface area contributed by atoms with Gasteiger partial charge in [0.25, 0.3) is 0 Å². The number of carbonyl (C=O) groups is 1. The summed E-state index contributed by atoms with van der Waals surface area (Å²) in [5.41, 5.74) is 5.03. The van der Waals surface area contributed by atoms with E-state index in [9.17, 15) is 4.79 Å². The fourth-order valence-electron chi connectivity index (χ4n) is 1.30. The van der Waals surface area contributed by atoms with Crippen LogP contribution >= 0.6 is 11.8 Å². The highest BCUT2D eigenvalue weighted by Gasteiger charge is 2.29. The lowest BCUT2D eigenvalue weighted by molar-refractivity contribution is 0.0618. The van der Waals surface area contributed by atoms with Gasteiger partial charge in [0.05, 0.1) is 0 Å². The SMILES string of the molecule is CC1C=CC(C)N1N(Cl)C(N)=O.